The number of rotatable bonds is 7. The van der Waals surface area contributed by atoms with Crippen LogP contribution in [0.25, 0.3) is 0 Å². The molecule has 2 aromatic rings. The Balaban J connectivity index is 1.95. The van der Waals surface area contributed by atoms with Crippen LogP contribution in [0.5, 0.6) is 11.5 Å². The van der Waals surface area contributed by atoms with Gasteiger partial charge in [-0.15, -0.1) is 0 Å². The quantitative estimate of drug-likeness (QED) is 0.795. The molecule has 0 aliphatic rings. The average Bonchev–Trinajstić information content (AvgIpc) is 2.62. The highest BCUT2D eigenvalue weighted by molar-refractivity contribution is 5.75. The van der Waals surface area contributed by atoms with Crippen molar-refractivity contribution in [2.24, 2.45) is 0 Å². The molecule has 0 fully saturated rings. The number of amides is 1. The molecule has 1 amide bonds. The molecule has 9 heteroatoms. The summed E-state index contributed by atoms with van der Waals surface area (Å²) in [6, 6.07) is 7.08. The monoisotopic (exact) mass is 384 g/mol. The molecule has 1 heterocycles. The fraction of sp³-hybridized carbons (Fsp3) is 0.333. The predicted octanol–water partition coefficient (Wildman–Crippen LogP) is 2.24. The lowest BCUT2D eigenvalue weighted by atomic mass is 10.1. The zero-order valence-electron chi connectivity index (χ0n) is 14.8. The Morgan fingerprint density at radius 2 is 1.85 bits per heavy atom. The normalized spacial score (nSPS) is 11.1. The highest BCUT2D eigenvalue weighted by Gasteiger charge is 2.34. The summed E-state index contributed by atoms with van der Waals surface area (Å²) in [5.41, 5.74) is -1.67. The van der Waals surface area contributed by atoms with Crippen molar-refractivity contribution in [2.75, 3.05) is 20.8 Å². The van der Waals surface area contributed by atoms with Gasteiger partial charge in [0.1, 0.15) is 12.1 Å². The molecule has 0 saturated carbocycles. The minimum Gasteiger partial charge on any atom is -0.493 e. The molecule has 1 aromatic carbocycles. The first kappa shape index (κ1) is 20.3. The van der Waals surface area contributed by atoms with Crippen molar-refractivity contribution in [1.29, 1.82) is 0 Å². The van der Waals surface area contributed by atoms with Gasteiger partial charge in [-0.05, 0) is 36.2 Å². The molecule has 0 atom stereocenters. The lowest BCUT2D eigenvalue weighted by Gasteiger charge is -2.11. The summed E-state index contributed by atoms with van der Waals surface area (Å²) in [6.45, 7) is -0.239. The van der Waals surface area contributed by atoms with Crippen molar-refractivity contribution in [2.45, 2.75) is 19.1 Å². The summed E-state index contributed by atoms with van der Waals surface area (Å²) in [4.78, 5) is 23.8. The Hall–Kier alpha value is -2.97. The lowest BCUT2D eigenvalue weighted by Crippen LogP contribution is -2.35. The molecule has 2 rings (SSSR count). The Morgan fingerprint density at radius 1 is 1.15 bits per heavy atom. The molecule has 146 valence electrons. The first-order valence-electron chi connectivity index (χ1n) is 8.00. The molecule has 0 spiro atoms. The second-order valence-electron chi connectivity index (χ2n) is 5.64. The highest BCUT2D eigenvalue weighted by atomic mass is 19.4. The van der Waals surface area contributed by atoms with Gasteiger partial charge in [0, 0.05) is 12.7 Å². The van der Waals surface area contributed by atoms with Gasteiger partial charge in [-0.3, -0.25) is 9.59 Å². The molecule has 0 unspecified atom stereocenters. The summed E-state index contributed by atoms with van der Waals surface area (Å²) < 4.78 is 49.3. The van der Waals surface area contributed by atoms with Gasteiger partial charge in [-0.1, -0.05) is 6.07 Å². The number of hydrogen-bond donors (Lipinski definition) is 1. The number of hydrogen-bond acceptors (Lipinski definition) is 4. The molecular weight excluding hydrogens is 365 g/mol. The van der Waals surface area contributed by atoms with Crippen molar-refractivity contribution in [1.82, 2.24) is 9.88 Å². The van der Waals surface area contributed by atoms with Crippen molar-refractivity contribution in [3.05, 3.63) is 58.0 Å². The number of ether oxygens (including phenoxy) is 2. The topological polar surface area (TPSA) is 69.6 Å². The van der Waals surface area contributed by atoms with Crippen LogP contribution in [0.4, 0.5) is 13.2 Å². The van der Waals surface area contributed by atoms with Crippen LogP contribution in [0, 0.1) is 0 Å². The summed E-state index contributed by atoms with van der Waals surface area (Å²) in [5.74, 6) is 0.572. The van der Waals surface area contributed by atoms with Crippen molar-refractivity contribution >= 4 is 5.91 Å². The Morgan fingerprint density at radius 3 is 2.48 bits per heavy atom. The number of pyridine rings is 1. The number of carbonyl (C=O) groups excluding carboxylic acids is 1. The number of nitrogens with zero attached hydrogens (tertiary/aromatic N) is 1. The van der Waals surface area contributed by atoms with Crippen molar-refractivity contribution < 1.29 is 27.4 Å². The first-order chi connectivity index (χ1) is 12.8. The molecule has 0 saturated heterocycles. The Labute approximate surface area is 153 Å². The zero-order chi connectivity index (χ0) is 20.0. The molecule has 6 nitrogen and oxygen atoms in total. The predicted molar refractivity (Wildman–Crippen MR) is 92.0 cm³/mol. The second kappa shape index (κ2) is 8.61. The third kappa shape index (κ3) is 5.25. The summed E-state index contributed by atoms with van der Waals surface area (Å²) in [7, 11) is 3.03. The summed E-state index contributed by atoms with van der Waals surface area (Å²) in [5, 5.41) is 2.58. The van der Waals surface area contributed by atoms with E-state index in [0.29, 0.717) is 24.0 Å². The average molecular weight is 384 g/mol. The third-order valence-corrected chi connectivity index (χ3v) is 3.82. The largest absolute Gasteiger partial charge is 0.493 e. The Kier molecular flexibility index (Phi) is 6.49. The van der Waals surface area contributed by atoms with Gasteiger partial charge in [0.05, 0.1) is 14.2 Å². The minimum atomic E-state index is -4.76. The van der Waals surface area contributed by atoms with Crippen molar-refractivity contribution in [3.8, 4) is 11.5 Å². The van der Waals surface area contributed by atoms with E-state index in [2.05, 4.69) is 5.32 Å². The number of alkyl halides is 3. The first-order valence-corrected chi connectivity index (χ1v) is 8.00. The van der Waals surface area contributed by atoms with Crippen LogP contribution in [0.2, 0.25) is 0 Å². The SMILES string of the molecule is COc1ccc(CCNC(=O)Cn2cccc(C(F)(F)F)c2=O)cc1OC. The van der Waals surface area contributed by atoms with Crippen LogP contribution in [-0.2, 0) is 23.9 Å². The molecule has 1 N–H and O–H groups in total. The number of nitrogens with one attached hydrogen (secondary N) is 1. The van der Waals surface area contributed by atoms with E-state index in [1.807, 2.05) is 6.07 Å². The van der Waals surface area contributed by atoms with Crippen LogP contribution in [0.15, 0.2) is 41.3 Å². The molecule has 27 heavy (non-hydrogen) atoms. The van der Waals surface area contributed by atoms with E-state index < -0.39 is 29.8 Å². The number of carbonyl (C=O) groups is 1. The molecule has 0 bridgehead atoms. The maximum atomic E-state index is 12.7. The van der Waals surface area contributed by atoms with E-state index in [-0.39, 0.29) is 6.54 Å². The molecule has 0 aliphatic heterocycles. The molecular formula is C18H19F3N2O4. The fourth-order valence-electron chi connectivity index (χ4n) is 2.47. The van der Waals surface area contributed by atoms with Gasteiger partial charge in [-0.25, -0.2) is 0 Å². The fourth-order valence-corrected chi connectivity index (χ4v) is 2.47. The number of aromatic nitrogens is 1. The highest BCUT2D eigenvalue weighted by Crippen LogP contribution is 2.27. The molecule has 1 aromatic heterocycles. The maximum absolute atomic E-state index is 12.7. The van der Waals surface area contributed by atoms with Gasteiger partial charge in [0.2, 0.25) is 5.91 Å². The number of halogens is 3. The van der Waals surface area contributed by atoms with Crippen LogP contribution < -0.4 is 20.3 Å². The molecule has 0 aliphatic carbocycles. The van der Waals surface area contributed by atoms with E-state index in [1.165, 1.54) is 14.2 Å². The van der Waals surface area contributed by atoms with Gasteiger partial charge < -0.3 is 19.4 Å². The zero-order valence-corrected chi connectivity index (χ0v) is 14.8. The van der Waals surface area contributed by atoms with Gasteiger partial charge in [-0.2, -0.15) is 13.2 Å². The van der Waals surface area contributed by atoms with Crippen molar-refractivity contribution in [3.63, 3.8) is 0 Å². The van der Waals surface area contributed by atoms with E-state index in [4.69, 9.17) is 9.47 Å². The smallest absolute Gasteiger partial charge is 0.421 e. The molecule has 0 radical (unpaired) electrons. The van der Waals surface area contributed by atoms with Gasteiger partial charge in [0.25, 0.3) is 5.56 Å². The Bertz CT molecular complexity index is 862. The maximum Gasteiger partial charge on any atom is 0.421 e. The van der Waals surface area contributed by atoms with Crippen LogP contribution in [0.1, 0.15) is 11.1 Å². The van der Waals surface area contributed by atoms with E-state index >= 15 is 0 Å². The minimum absolute atomic E-state index is 0.252. The van der Waals surface area contributed by atoms with E-state index in [9.17, 15) is 22.8 Å². The van der Waals surface area contributed by atoms with Gasteiger partial charge in [0.15, 0.2) is 11.5 Å². The summed E-state index contributed by atoms with van der Waals surface area (Å²) >= 11 is 0. The summed E-state index contributed by atoms with van der Waals surface area (Å²) in [6.07, 6.45) is -3.14. The van der Waals surface area contributed by atoms with E-state index in [0.717, 1.165) is 22.4 Å². The van der Waals surface area contributed by atoms with Gasteiger partial charge >= 0.3 is 6.18 Å². The number of benzene rings is 1. The second-order valence-corrected chi connectivity index (χ2v) is 5.64. The standard InChI is InChI=1S/C18H19F3N2O4/c1-26-14-6-5-12(10-15(14)27-2)7-8-22-16(24)11-23-9-3-4-13(17(23)25)18(19,20)21/h3-6,9-10H,7-8,11H2,1-2H3,(H,22,24). The van der Waals surface area contributed by atoms with Crippen LogP contribution >= 0.6 is 0 Å². The third-order valence-electron chi connectivity index (χ3n) is 3.82. The van der Waals surface area contributed by atoms with Crippen LogP contribution in [0.3, 0.4) is 0 Å². The lowest BCUT2D eigenvalue weighted by molar-refractivity contribution is -0.139. The number of methoxy groups -OCH3 is 2. The van der Waals surface area contributed by atoms with Crippen LogP contribution in [-0.4, -0.2) is 31.2 Å². The van der Waals surface area contributed by atoms with E-state index in [1.54, 1.807) is 12.1 Å².